The Morgan fingerprint density at radius 1 is 1.04 bits per heavy atom. The zero-order valence-electron chi connectivity index (χ0n) is 14.2. The van der Waals surface area contributed by atoms with Crippen LogP contribution >= 0.6 is 12.4 Å². The van der Waals surface area contributed by atoms with E-state index in [4.69, 9.17) is 9.47 Å². The molecule has 0 amide bonds. The van der Waals surface area contributed by atoms with Gasteiger partial charge in [-0.25, -0.2) is 0 Å². The summed E-state index contributed by atoms with van der Waals surface area (Å²) in [5.74, 6) is 1.45. The van der Waals surface area contributed by atoms with Gasteiger partial charge in [-0.15, -0.1) is 12.4 Å². The van der Waals surface area contributed by atoms with Gasteiger partial charge >= 0.3 is 0 Å². The molecule has 1 unspecified atom stereocenters. The number of hydrogen-bond acceptors (Lipinski definition) is 4. The van der Waals surface area contributed by atoms with Gasteiger partial charge in [-0.05, 0) is 24.2 Å². The lowest BCUT2D eigenvalue weighted by Crippen LogP contribution is -2.35. The molecule has 1 atom stereocenters. The zero-order chi connectivity index (χ0) is 16.5. The molecular weight excluding hydrogens is 326 g/mol. The van der Waals surface area contributed by atoms with Gasteiger partial charge in [0.1, 0.15) is 24.2 Å². The zero-order valence-corrected chi connectivity index (χ0v) is 15.0. The summed E-state index contributed by atoms with van der Waals surface area (Å²) in [5, 5.41) is 10.2. The predicted octanol–water partition coefficient (Wildman–Crippen LogP) is 3.38. The van der Waals surface area contributed by atoms with Crippen LogP contribution in [0.4, 0.5) is 0 Å². The number of likely N-dealkylation sites (N-methyl/N-ethyl adjacent to an activating group) is 1. The summed E-state index contributed by atoms with van der Waals surface area (Å²) in [7, 11) is 1.62. The number of hydrogen-bond donors (Lipinski definition) is 1. The minimum atomic E-state index is -0.537. The fourth-order valence-corrected chi connectivity index (χ4v) is 2.38. The van der Waals surface area contributed by atoms with Crippen molar-refractivity contribution in [2.24, 2.45) is 0 Å². The molecule has 132 valence electrons. The van der Waals surface area contributed by atoms with E-state index in [1.54, 1.807) is 7.11 Å². The smallest absolute Gasteiger partial charge is 0.123 e. The molecule has 0 heterocycles. The summed E-state index contributed by atoms with van der Waals surface area (Å²) in [4.78, 5) is 2.20. The number of aliphatic hydroxyl groups excluding tert-OH is 1. The summed E-state index contributed by atoms with van der Waals surface area (Å²) in [6, 6.07) is 17.7. The predicted molar refractivity (Wildman–Crippen MR) is 99.1 cm³/mol. The van der Waals surface area contributed by atoms with Crippen molar-refractivity contribution in [2.45, 2.75) is 19.6 Å². The number of nitrogens with zero attached hydrogens (tertiary/aromatic N) is 1. The van der Waals surface area contributed by atoms with E-state index in [-0.39, 0.29) is 19.0 Å². The molecule has 5 heteroatoms. The van der Waals surface area contributed by atoms with Crippen molar-refractivity contribution in [1.29, 1.82) is 0 Å². The Labute approximate surface area is 150 Å². The van der Waals surface area contributed by atoms with Crippen molar-refractivity contribution >= 4 is 12.4 Å². The number of aliphatic hydroxyl groups is 1. The molecule has 0 saturated heterocycles. The van der Waals surface area contributed by atoms with Crippen molar-refractivity contribution in [2.75, 3.05) is 26.8 Å². The summed E-state index contributed by atoms with van der Waals surface area (Å²) < 4.78 is 10.8. The highest BCUT2D eigenvalue weighted by molar-refractivity contribution is 5.85. The van der Waals surface area contributed by atoms with Gasteiger partial charge in [0.05, 0.1) is 7.11 Å². The van der Waals surface area contributed by atoms with Crippen LogP contribution < -0.4 is 9.47 Å². The van der Waals surface area contributed by atoms with E-state index in [1.807, 2.05) is 42.5 Å². The Morgan fingerprint density at radius 2 is 1.75 bits per heavy atom. The van der Waals surface area contributed by atoms with E-state index in [1.165, 1.54) is 5.56 Å². The van der Waals surface area contributed by atoms with E-state index >= 15 is 0 Å². The van der Waals surface area contributed by atoms with Gasteiger partial charge in [0.2, 0.25) is 0 Å². The highest BCUT2D eigenvalue weighted by atomic mass is 35.5. The Bertz CT molecular complexity index is 580. The summed E-state index contributed by atoms with van der Waals surface area (Å²) in [6.07, 6.45) is -0.537. The van der Waals surface area contributed by atoms with Gasteiger partial charge in [-0.2, -0.15) is 0 Å². The van der Waals surface area contributed by atoms with Gasteiger partial charge in [0.15, 0.2) is 0 Å². The molecule has 2 aromatic rings. The van der Waals surface area contributed by atoms with Gasteiger partial charge in [-0.3, -0.25) is 4.90 Å². The fourth-order valence-electron chi connectivity index (χ4n) is 2.38. The van der Waals surface area contributed by atoms with Crippen LogP contribution in [0.1, 0.15) is 12.5 Å². The first kappa shape index (κ1) is 20.3. The lowest BCUT2D eigenvalue weighted by molar-refractivity contribution is 0.0674. The molecule has 0 radical (unpaired) electrons. The van der Waals surface area contributed by atoms with Crippen molar-refractivity contribution in [1.82, 2.24) is 4.90 Å². The average Bonchev–Trinajstić information content (AvgIpc) is 2.60. The van der Waals surface area contributed by atoms with Gasteiger partial charge in [0, 0.05) is 19.2 Å². The molecule has 0 aliphatic heterocycles. The highest BCUT2D eigenvalue weighted by Crippen LogP contribution is 2.19. The first-order chi connectivity index (χ1) is 11.2. The summed E-state index contributed by atoms with van der Waals surface area (Å²) in [5.41, 5.74) is 1.25. The van der Waals surface area contributed by atoms with Crippen LogP contribution in [0.3, 0.4) is 0 Å². The monoisotopic (exact) mass is 351 g/mol. The van der Waals surface area contributed by atoms with Crippen molar-refractivity contribution in [3.8, 4) is 11.5 Å². The van der Waals surface area contributed by atoms with Crippen molar-refractivity contribution in [3.63, 3.8) is 0 Å². The number of benzene rings is 2. The van der Waals surface area contributed by atoms with E-state index in [0.29, 0.717) is 12.3 Å². The van der Waals surface area contributed by atoms with Crippen LogP contribution in [0.2, 0.25) is 0 Å². The maximum atomic E-state index is 10.2. The Morgan fingerprint density at radius 3 is 2.42 bits per heavy atom. The first-order valence-electron chi connectivity index (χ1n) is 7.92. The third kappa shape index (κ3) is 6.79. The highest BCUT2D eigenvalue weighted by Gasteiger charge is 2.12. The molecule has 0 aliphatic rings. The van der Waals surface area contributed by atoms with E-state index in [0.717, 1.165) is 18.8 Å². The van der Waals surface area contributed by atoms with Crippen LogP contribution in [0.5, 0.6) is 11.5 Å². The van der Waals surface area contributed by atoms with Crippen LogP contribution in [0.25, 0.3) is 0 Å². The van der Waals surface area contributed by atoms with Gasteiger partial charge in [-0.1, -0.05) is 43.3 Å². The SMILES string of the molecule is CCN(Cc1ccccc1)CC(O)COc1cccc(OC)c1.Cl. The molecule has 0 bridgehead atoms. The Balaban J connectivity index is 0.00000288. The molecule has 0 fully saturated rings. The number of rotatable bonds is 9. The quantitative estimate of drug-likeness (QED) is 0.752. The Hall–Kier alpha value is -1.75. The van der Waals surface area contributed by atoms with Crippen LogP contribution in [-0.4, -0.2) is 42.9 Å². The number of methoxy groups -OCH3 is 1. The standard InChI is InChI=1S/C19H25NO3.ClH/c1-3-20(13-16-8-5-4-6-9-16)14-17(21)15-23-19-11-7-10-18(12-19)22-2;/h4-12,17,21H,3,13-15H2,1-2H3;1H. The molecule has 0 aromatic heterocycles. The summed E-state index contributed by atoms with van der Waals surface area (Å²) >= 11 is 0. The van der Waals surface area contributed by atoms with Crippen molar-refractivity contribution < 1.29 is 14.6 Å². The minimum Gasteiger partial charge on any atom is -0.497 e. The molecule has 0 saturated carbocycles. The fraction of sp³-hybridized carbons (Fsp3) is 0.368. The van der Waals surface area contributed by atoms with E-state index < -0.39 is 6.10 Å². The van der Waals surface area contributed by atoms with Crippen LogP contribution in [-0.2, 0) is 6.54 Å². The maximum Gasteiger partial charge on any atom is 0.123 e. The van der Waals surface area contributed by atoms with E-state index in [2.05, 4.69) is 24.0 Å². The largest absolute Gasteiger partial charge is 0.497 e. The molecule has 0 aliphatic carbocycles. The van der Waals surface area contributed by atoms with Crippen LogP contribution in [0, 0.1) is 0 Å². The molecule has 24 heavy (non-hydrogen) atoms. The minimum absolute atomic E-state index is 0. The first-order valence-corrected chi connectivity index (χ1v) is 7.92. The van der Waals surface area contributed by atoms with E-state index in [9.17, 15) is 5.11 Å². The molecule has 0 spiro atoms. The third-order valence-corrected chi connectivity index (χ3v) is 3.65. The molecule has 2 rings (SSSR count). The second kappa shape index (κ2) is 10.9. The lowest BCUT2D eigenvalue weighted by Gasteiger charge is -2.23. The molecule has 4 nitrogen and oxygen atoms in total. The molecule has 2 aromatic carbocycles. The number of halogens is 1. The lowest BCUT2D eigenvalue weighted by atomic mass is 10.2. The van der Waals surface area contributed by atoms with Crippen LogP contribution in [0.15, 0.2) is 54.6 Å². The average molecular weight is 352 g/mol. The maximum absolute atomic E-state index is 10.2. The number of ether oxygens (including phenoxy) is 2. The molecule has 1 N–H and O–H groups in total. The van der Waals surface area contributed by atoms with Gasteiger partial charge < -0.3 is 14.6 Å². The Kier molecular flexibility index (Phi) is 9.23. The third-order valence-electron chi connectivity index (χ3n) is 3.65. The molecular formula is C19H26ClNO3. The second-order valence-electron chi connectivity index (χ2n) is 5.46. The normalized spacial score (nSPS) is 11.7. The second-order valence-corrected chi connectivity index (χ2v) is 5.46. The van der Waals surface area contributed by atoms with Gasteiger partial charge in [0.25, 0.3) is 0 Å². The topological polar surface area (TPSA) is 41.9 Å². The van der Waals surface area contributed by atoms with Crippen molar-refractivity contribution in [3.05, 3.63) is 60.2 Å². The summed E-state index contributed by atoms with van der Waals surface area (Å²) in [6.45, 7) is 4.64.